The molecule has 0 aliphatic rings. The van der Waals surface area contributed by atoms with Crippen LogP contribution in [0.1, 0.15) is 11.5 Å². The molecule has 0 spiro atoms. The van der Waals surface area contributed by atoms with Gasteiger partial charge in [0.2, 0.25) is 5.91 Å². The Labute approximate surface area is 80.0 Å². The number of benzene rings is 1. The third-order valence-electron chi connectivity index (χ3n) is 1.74. The molecule has 3 N–H and O–H groups in total. The van der Waals surface area contributed by atoms with Crippen LogP contribution < -0.4 is 5.73 Å². The highest BCUT2D eigenvalue weighted by atomic mass is 17.1. The zero-order chi connectivity index (χ0) is 10.6. The van der Waals surface area contributed by atoms with Crippen LogP contribution in [0.25, 0.3) is 0 Å². The van der Waals surface area contributed by atoms with Crippen LogP contribution in [0.15, 0.2) is 30.3 Å². The lowest BCUT2D eigenvalue weighted by Gasteiger charge is -2.08. The molecule has 0 fully saturated rings. The molecule has 1 atom stereocenters. The Kier molecular flexibility index (Phi) is 3.19. The van der Waals surface area contributed by atoms with Crippen LogP contribution in [0, 0.1) is 0 Å². The summed E-state index contributed by atoms with van der Waals surface area (Å²) in [5, 5.41) is 8.16. The molecule has 0 aliphatic heterocycles. The van der Waals surface area contributed by atoms with E-state index in [4.69, 9.17) is 11.0 Å². The van der Waals surface area contributed by atoms with Crippen LogP contribution >= 0.6 is 0 Å². The number of hydrogen-bond acceptors (Lipinski definition) is 4. The van der Waals surface area contributed by atoms with Gasteiger partial charge in [0.15, 0.2) is 5.92 Å². The Morgan fingerprint density at radius 1 is 1.29 bits per heavy atom. The molecule has 0 heterocycles. The second-order valence-corrected chi connectivity index (χ2v) is 2.66. The normalized spacial score (nSPS) is 11.8. The standard InChI is InChI=1S/C9H9NO4/c10-8(11)7(9(12)14-13)6-4-2-1-3-5-6/h1-5,7,13H,(H2,10,11). The van der Waals surface area contributed by atoms with E-state index >= 15 is 0 Å². The van der Waals surface area contributed by atoms with Crippen molar-refractivity contribution in [3.05, 3.63) is 35.9 Å². The molecule has 14 heavy (non-hydrogen) atoms. The van der Waals surface area contributed by atoms with Crippen molar-refractivity contribution in [3.63, 3.8) is 0 Å². The summed E-state index contributed by atoms with van der Waals surface area (Å²) < 4.78 is 0. The average Bonchev–Trinajstić information content (AvgIpc) is 2.19. The highest BCUT2D eigenvalue weighted by Gasteiger charge is 2.28. The molecular weight excluding hydrogens is 186 g/mol. The van der Waals surface area contributed by atoms with E-state index in [2.05, 4.69) is 4.89 Å². The van der Waals surface area contributed by atoms with Crippen LogP contribution in [-0.4, -0.2) is 17.1 Å². The van der Waals surface area contributed by atoms with Gasteiger partial charge in [-0.1, -0.05) is 30.3 Å². The van der Waals surface area contributed by atoms with E-state index in [0.29, 0.717) is 5.56 Å². The van der Waals surface area contributed by atoms with Gasteiger partial charge in [-0.15, -0.1) is 0 Å². The van der Waals surface area contributed by atoms with Crippen LogP contribution in [-0.2, 0) is 14.5 Å². The van der Waals surface area contributed by atoms with Gasteiger partial charge in [0.05, 0.1) is 0 Å². The molecule has 0 bridgehead atoms. The number of amides is 1. The number of rotatable bonds is 3. The molecule has 5 heteroatoms. The maximum atomic E-state index is 11.0. The topological polar surface area (TPSA) is 89.6 Å². The van der Waals surface area contributed by atoms with Crippen LogP contribution in [0.2, 0.25) is 0 Å². The van der Waals surface area contributed by atoms with Gasteiger partial charge in [0.1, 0.15) is 0 Å². The Bertz CT molecular complexity index is 336. The lowest BCUT2D eigenvalue weighted by Crippen LogP contribution is -2.29. The van der Waals surface area contributed by atoms with E-state index in [1.807, 2.05) is 0 Å². The van der Waals surface area contributed by atoms with Crippen molar-refractivity contribution in [3.8, 4) is 0 Å². The first-order valence-corrected chi connectivity index (χ1v) is 3.86. The van der Waals surface area contributed by atoms with Crippen molar-refractivity contribution in [1.82, 2.24) is 0 Å². The molecule has 0 aliphatic carbocycles. The Balaban J connectivity index is 3.01. The summed E-state index contributed by atoms with van der Waals surface area (Å²) in [6.45, 7) is 0. The third kappa shape index (κ3) is 2.08. The minimum absolute atomic E-state index is 0.388. The fraction of sp³-hybridized carbons (Fsp3) is 0.111. The molecule has 74 valence electrons. The van der Waals surface area contributed by atoms with E-state index in [1.54, 1.807) is 30.3 Å². The number of nitrogens with two attached hydrogens (primary N) is 1. The predicted octanol–water partition coefficient (Wildman–Crippen LogP) is 0.272. The summed E-state index contributed by atoms with van der Waals surface area (Å²) in [5.74, 6) is -3.21. The number of carbonyl (C=O) groups is 2. The van der Waals surface area contributed by atoms with E-state index in [1.165, 1.54) is 0 Å². The van der Waals surface area contributed by atoms with Gasteiger partial charge < -0.3 is 5.73 Å². The number of hydrogen-bond donors (Lipinski definition) is 2. The molecule has 0 radical (unpaired) electrons. The SMILES string of the molecule is NC(=O)C(C(=O)OO)c1ccccc1. The van der Waals surface area contributed by atoms with Gasteiger partial charge in [0.25, 0.3) is 0 Å². The molecule has 1 aromatic rings. The Morgan fingerprint density at radius 2 is 1.86 bits per heavy atom. The maximum absolute atomic E-state index is 11.0. The second kappa shape index (κ2) is 4.38. The fourth-order valence-corrected chi connectivity index (χ4v) is 1.11. The molecular formula is C9H9NO4. The minimum Gasteiger partial charge on any atom is -0.369 e. The fourth-order valence-electron chi connectivity index (χ4n) is 1.11. The van der Waals surface area contributed by atoms with Gasteiger partial charge in [-0.05, 0) is 5.56 Å². The quantitative estimate of drug-likeness (QED) is 0.411. The van der Waals surface area contributed by atoms with Crippen molar-refractivity contribution < 1.29 is 19.7 Å². The summed E-state index contributed by atoms with van der Waals surface area (Å²) >= 11 is 0. The first kappa shape index (κ1) is 10.2. The Morgan fingerprint density at radius 3 is 2.29 bits per heavy atom. The molecule has 1 rings (SSSR count). The highest BCUT2D eigenvalue weighted by molar-refractivity contribution is 6.02. The lowest BCUT2D eigenvalue weighted by atomic mass is 9.99. The molecule has 0 aromatic heterocycles. The highest BCUT2D eigenvalue weighted by Crippen LogP contribution is 2.16. The van der Waals surface area contributed by atoms with Crippen molar-refractivity contribution in [2.24, 2.45) is 5.73 Å². The van der Waals surface area contributed by atoms with Crippen molar-refractivity contribution in [2.75, 3.05) is 0 Å². The third-order valence-corrected chi connectivity index (χ3v) is 1.74. The molecule has 5 nitrogen and oxygen atoms in total. The zero-order valence-corrected chi connectivity index (χ0v) is 7.21. The zero-order valence-electron chi connectivity index (χ0n) is 7.21. The number of carbonyl (C=O) groups excluding carboxylic acids is 2. The average molecular weight is 195 g/mol. The predicted molar refractivity (Wildman–Crippen MR) is 47.1 cm³/mol. The molecule has 0 saturated heterocycles. The largest absolute Gasteiger partial charge is 0.369 e. The van der Waals surface area contributed by atoms with Crippen LogP contribution in [0.4, 0.5) is 0 Å². The monoisotopic (exact) mass is 195 g/mol. The first-order valence-electron chi connectivity index (χ1n) is 3.86. The number of primary amides is 1. The lowest BCUT2D eigenvalue weighted by molar-refractivity contribution is -0.235. The van der Waals surface area contributed by atoms with Gasteiger partial charge in [-0.3, -0.25) is 9.68 Å². The second-order valence-electron chi connectivity index (χ2n) is 2.66. The van der Waals surface area contributed by atoms with Gasteiger partial charge >= 0.3 is 5.97 Å². The Hall–Kier alpha value is -1.88. The summed E-state index contributed by atoms with van der Waals surface area (Å²) in [5.41, 5.74) is 5.38. The van der Waals surface area contributed by atoms with E-state index in [0.717, 1.165) is 0 Å². The van der Waals surface area contributed by atoms with E-state index in [-0.39, 0.29) is 0 Å². The molecule has 0 saturated carbocycles. The van der Waals surface area contributed by atoms with Crippen LogP contribution in [0.3, 0.4) is 0 Å². The van der Waals surface area contributed by atoms with Gasteiger partial charge in [-0.25, -0.2) is 4.79 Å². The molecule has 1 aromatic carbocycles. The van der Waals surface area contributed by atoms with Crippen molar-refractivity contribution >= 4 is 11.9 Å². The summed E-state index contributed by atoms with van der Waals surface area (Å²) in [7, 11) is 0. The van der Waals surface area contributed by atoms with Crippen molar-refractivity contribution in [1.29, 1.82) is 0 Å². The van der Waals surface area contributed by atoms with Crippen molar-refractivity contribution in [2.45, 2.75) is 5.92 Å². The molecule has 1 unspecified atom stereocenters. The molecule has 1 amide bonds. The minimum atomic E-state index is -1.26. The summed E-state index contributed by atoms with van der Waals surface area (Å²) in [4.78, 5) is 25.4. The van der Waals surface area contributed by atoms with E-state index < -0.39 is 17.8 Å². The van der Waals surface area contributed by atoms with Gasteiger partial charge in [0, 0.05) is 0 Å². The maximum Gasteiger partial charge on any atom is 0.358 e. The van der Waals surface area contributed by atoms with E-state index in [9.17, 15) is 9.59 Å². The summed E-state index contributed by atoms with van der Waals surface area (Å²) in [6.07, 6.45) is 0. The summed E-state index contributed by atoms with van der Waals surface area (Å²) in [6, 6.07) is 8.12. The van der Waals surface area contributed by atoms with Crippen LogP contribution in [0.5, 0.6) is 0 Å². The van der Waals surface area contributed by atoms with Gasteiger partial charge in [-0.2, -0.15) is 5.26 Å². The first-order chi connectivity index (χ1) is 6.66. The smallest absolute Gasteiger partial charge is 0.358 e.